The first-order valence-electron chi connectivity index (χ1n) is 11.2. The molecule has 0 unspecified atom stereocenters. The van der Waals surface area contributed by atoms with Crippen LogP contribution in [0, 0.1) is 0 Å². The Hall–Kier alpha value is -3.66. The Morgan fingerprint density at radius 1 is 1.08 bits per heavy atom. The first-order valence-corrected chi connectivity index (χ1v) is 13.1. The lowest BCUT2D eigenvalue weighted by molar-refractivity contribution is -0.140. The molecule has 4 N–H and O–H groups in total. The fraction of sp³-hybridized carbons (Fsp3) is 0.154. The standard InChI is InChI=1S/C26H23ClN4O4S/c27-20-8-4-17(5-9-20)18-6-10-22(11-7-18)36(34,35)31-26(25(32)33)15-23(26)19-2-1-3-21(14-19)30-16-24-28-12-13-29-24/h1-14,23,30-31H,15-16H2,(H,28,29)(H,32,33)/t23-,26+/m0/s1. The number of carboxylic acid groups (broad SMARTS) is 1. The second-order valence-electron chi connectivity index (χ2n) is 8.68. The number of imidazole rings is 1. The topological polar surface area (TPSA) is 124 Å². The van der Waals surface area contributed by atoms with E-state index in [9.17, 15) is 18.3 Å². The number of hydrogen-bond acceptors (Lipinski definition) is 5. The van der Waals surface area contributed by atoms with Gasteiger partial charge in [-0.25, -0.2) is 13.4 Å². The van der Waals surface area contributed by atoms with Crippen LogP contribution < -0.4 is 10.0 Å². The van der Waals surface area contributed by atoms with Gasteiger partial charge in [-0.3, -0.25) is 4.79 Å². The van der Waals surface area contributed by atoms with Crippen LogP contribution in [0.25, 0.3) is 11.1 Å². The van der Waals surface area contributed by atoms with Crippen LogP contribution in [0.15, 0.2) is 90.1 Å². The SMILES string of the molecule is O=C(O)[C@@]1(NS(=O)(=O)c2ccc(-c3ccc(Cl)cc3)cc2)C[C@H]1c1cccc(NCc2ncc[nH]2)c1. The van der Waals surface area contributed by atoms with E-state index in [0.29, 0.717) is 11.6 Å². The molecule has 8 nitrogen and oxygen atoms in total. The third-order valence-electron chi connectivity index (χ3n) is 6.30. The van der Waals surface area contributed by atoms with Crippen LogP contribution in [0.5, 0.6) is 0 Å². The van der Waals surface area contributed by atoms with E-state index < -0.39 is 27.4 Å². The number of H-pyrrole nitrogens is 1. The molecule has 10 heteroatoms. The van der Waals surface area contributed by atoms with Crippen LogP contribution in [0.3, 0.4) is 0 Å². The minimum Gasteiger partial charge on any atom is -0.480 e. The number of carbonyl (C=O) groups is 1. The number of aliphatic carboxylic acids is 1. The van der Waals surface area contributed by atoms with Crippen LogP contribution in [-0.2, 0) is 21.4 Å². The highest BCUT2D eigenvalue weighted by molar-refractivity contribution is 7.89. The fourth-order valence-electron chi connectivity index (χ4n) is 4.27. The van der Waals surface area contributed by atoms with Crippen molar-refractivity contribution in [2.45, 2.75) is 29.3 Å². The van der Waals surface area contributed by atoms with Crippen molar-refractivity contribution in [3.8, 4) is 11.1 Å². The van der Waals surface area contributed by atoms with E-state index in [2.05, 4.69) is 20.0 Å². The zero-order valence-electron chi connectivity index (χ0n) is 19.0. The zero-order chi connectivity index (χ0) is 25.3. The summed E-state index contributed by atoms with van der Waals surface area (Å²) in [5.41, 5.74) is 1.63. The van der Waals surface area contributed by atoms with Crippen LogP contribution in [0.2, 0.25) is 5.02 Å². The summed E-state index contributed by atoms with van der Waals surface area (Å²) >= 11 is 5.94. The largest absolute Gasteiger partial charge is 0.480 e. The molecule has 1 fully saturated rings. The molecule has 36 heavy (non-hydrogen) atoms. The van der Waals surface area contributed by atoms with Crippen LogP contribution in [-0.4, -0.2) is 35.0 Å². The molecule has 1 heterocycles. The van der Waals surface area contributed by atoms with Crippen molar-refractivity contribution in [2.75, 3.05) is 5.32 Å². The van der Waals surface area contributed by atoms with Gasteiger partial charge in [0.25, 0.3) is 0 Å². The van der Waals surface area contributed by atoms with E-state index >= 15 is 0 Å². The van der Waals surface area contributed by atoms with Gasteiger partial charge in [0, 0.05) is 29.0 Å². The molecule has 0 bridgehead atoms. The van der Waals surface area contributed by atoms with Crippen LogP contribution in [0.1, 0.15) is 23.7 Å². The van der Waals surface area contributed by atoms with Gasteiger partial charge in [0.05, 0.1) is 11.4 Å². The molecule has 0 spiro atoms. The molecule has 2 atom stereocenters. The molecule has 0 radical (unpaired) electrons. The summed E-state index contributed by atoms with van der Waals surface area (Å²) in [5, 5.41) is 13.8. The number of nitrogens with zero attached hydrogens (tertiary/aromatic N) is 1. The Bertz CT molecular complexity index is 1490. The van der Waals surface area contributed by atoms with Gasteiger partial charge in [-0.15, -0.1) is 0 Å². The monoisotopic (exact) mass is 522 g/mol. The lowest BCUT2D eigenvalue weighted by Crippen LogP contribution is -2.44. The average Bonchev–Trinajstić information content (AvgIpc) is 3.35. The van der Waals surface area contributed by atoms with Crippen LogP contribution in [0.4, 0.5) is 5.69 Å². The summed E-state index contributed by atoms with van der Waals surface area (Å²) in [7, 11) is -4.08. The zero-order valence-corrected chi connectivity index (χ0v) is 20.6. The van der Waals surface area contributed by atoms with E-state index in [-0.39, 0.29) is 11.3 Å². The summed E-state index contributed by atoms with van der Waals surface area (Å²) in [6.45, 7) is 0.476. The molecule has 4 aromatic rings. The predicted molar refractivity (Wildman–Crippen MR) is 137 cm³/mol. The first kappa shape index (κ1) is 24.1. The minimum atomic E-state index is -4.08. The number of halogens is 1. The maximum absolute atomic E-state index is 13.1. The number of rotatable bonds is 9. The molecule has 1 aromatic heterocycles. The van der Waals surface area contributed by atoms with Gasteiger partial charge in [0.2, 0.25) is 10.0 Å². The first-order chi connectivity index (χ1) is 17.3. The summed E-state index contributed by atoms with van der Waals surface area (Å²) < 4.78 is 28.8. The lowest BCUT2D eigenvalue weighted by Gasteiger charge is -2.16. The van der Waals surface area contributed by atoms with Crippen molar-refractivity contribution in [1.29, 1.82) is 0 Å². The number of sulfonamides is 1. The number of anilines is 1. The van der Waals surface area contributed by atoms with E-state index in [1.807, 2.05) is 36.4 Å². The Balaban J connectivity index is 1.33. The molecule has 0 saturated heterocycles. The molecule has 3 aromatic carbocycles. The Morgan fingerprint density at radius 2 is 1.78 bits per heavy atom. The van der Waals surface area contributed by atoms with Crippen molar-refractivity contribution in [3.05, 3.63) is 102 Å². The molecule has 1 aliphatic rings. The summed E-state index contributed by atoms with van der Waals surface area (Å²) in [5.74, 6) is -0.937. The maximum atomic E-state index is 13.1. The van der Waals surface area contributed by atoms with E-state index in [1.54, 1.807) is 36.7 Å². The van der Waals surface area contributed by atoms with Gasteiger partial charge in [0.1, 0.15) is 11.4 Å². The van der Waals surface area contributed by atoms with Crippen molar-refractivity contribution >= 4 is 33.3 Å². The van der Waals surface area contributed by atoms with Gasteiger partial charge in [-0.1, -0.05) is 48.0 Å². The second kappa shape index (κ2) is 9.42. The molecular formula is C26H23ClN4O4S. The van der Waals surface area contributed by atoms with Crippen LogP contribution >= 0.6 is 11.6 Å². The van der Waals surface area contributed by atoms with E-state index in [1.165, 1.54) is 12.1 Å². The number of carboxylic acids is 1. The molecule has 1 saturated carbocycles. The molecule has 0 aliphatic heterocycles. The van der Waals surface area contributed by atoms with Crippen molar-refractivity contribution < 1.29 is 18.3 Å². The van der Waals surface area contributed by atoms with Gasteiger partial charge in [0.15, 0.2) is 0 Å². The average molecular weight is 523 g/mol. The number of nitrogens with one attached hydrogen (secondary N) is 3. The van der Waals surface area contributed by atoms with Crippen molar-refractivity contribution in [3.63, 3.8) is 0 Å². The lowest BCUT2D eigenvalue weighted by atomic mass is 10.1. The van der Waals surface area contributed by atoms with Gasteiger partial charge in [-0.2, -0.15) is 4.72 Å². The molecule has 1 aliphatic carbocycles. The molecule has 184 valence electrons. The van der Waals surface area contributed by atoms with Gasteiger partial charge in [-0.05, 0) is 59.5 Å². The molecule has 5 rings (SSSR count). The molecule has 0 amide bonds. The quantitative estimate of drug-likeness (QED) is 0.254. The van der Waals surface area contributed by atoms with Crippen molar-refractivity contribution in [2.24, 2.45) is 0 Å². The highest BCUT2D eigenvalue weighted by Gasteiger charge is 2.63. The minimum absolute atomic E-state index is 0.000328. The number of hydrogen-bond donors (Lipinski definition) is 4. The number of aromatic amines is 1. The number of aromatic nitrogens is 2. The summed E-state index contributed by atoms with van der Waals surface area (Å²) in [6.07, 6.45) is 3.55. The highest BCUT2D eigenvalue weighted by Crippen LogP contribution is 2.52. The Morgan fingerprint density at radius 3 is 2.42 bits per heavy atom. The smallest absolute Gasteiger partial charge is 0.325 e. The Labute approximate surface area is 213 Å². The van der Waals surface area contributed by atoms with E-state index in [0.717, 1.165) is 28.2 Å². The summed E-state index contributed by atoms with van der Waals surface area (Å²) in [6, 6.07) is 20.8. The maximum Gasteiger partial charge on any atom is 0.325 e. The third kappa shape index (κ3) is 4.86. The Kier molecular flexibility index (Phi) is 6.29. The van der Waals surface area contributed by atoms with Gasteiger partial charge >= 0.3 is 5.97 Å². The third-order valence-corrected chi connectivity index (χ3v) is 8.08. The van der Waals surface area contributed by atoms with Gasteiger partial charge < -0.3 is 15.4 Å². The number of benzene rings is 3. The highest BCUT2D eigenvalue weighted by atomic mass is 35.5. The molecular weight excluding hydrogens is 500 g/mol. The summed E-state index contributed by atoms with van der Waals surface area (Å²) in [4.78, 5) is 19.4. The fourth-order valence-corrected chi connectivity index (χ4v) is 5.80. The van der Waals surface area contributed by atoms with Crippen molar-refractivity contribution in [1.82, 2.24) is 14.7 Å². The predicted octanol–water partition coefficient (Wildman–Crippen LogP) is 4.63. The normalized spacial score (nSPS) is 19.1. The van der Waals surface area contributed by atoms with E-state index in [4.69, 9.17) is 11.6 Å². The second-order valence-corrected chi connectivity index (χ2v) is 10.8.